The van der Waals surface area contributed by atoms with Gasteiger partial charge in [-0.25, -0.2) is 4.79 Å². The fourth-order valence-electron chi connectivity index (χ4n) is 2.00. The van der Waals surface area contributed by atoms with Crippen LogP contribution >= 0.6 is 11.8 Å². The van der Waals surface area contributed by atoms with Gasteiger partial charge in [0.1, 0.15) is 0 Å². The van der Waals surface area contributed by atoms with Crippen LogP contribution in [-0.4, -0.2) is 28.0 Å². The van der Waals surface area contributed by atoms with Gasteiger partial charge < -0.3 is 10.4 Å². The van der Waals surface area contributed by atoms with E-state index in [1.165, 1.54) is 0 Å². The lowest BCUT2D eigenvalue weighted by Gasteiger charge is -2.10. The molecule has 1 aliphatic rings. The molecule has 1 heterocycles. The lowest BCUT2D eigenvalue weighted by molar-refractivity contribution is -0.131. The first kappa shape index (κ1) is 14.7. The number of nitrogens with one attached hydrogen (secondary N) is 1. The average molecular weight is 291 g/mol. The first-order valence-electron chi connectivity index (χ1n) is 6.54. The minimum absolute atomic E-state index is 0.104. The molecule has 0 aliphatic carbocycles. The zero-order valence-corrected chi connectivity index (χ0v) is 11.9. The molecular formula is C15H17NO3S. The molecule has 1 saturated heterocycles. The predicted octanol–water partition coefficient (Wildman–Crippen LogP) is 2.30. The number of carbonyl (C=O) groups is 2. The van der Waals surface area contributed by atoms with Gasteiger partial charge in [0.15, 0.2) is 0 Å². The molecule has 0 aromatic heterocycles. The summed E-state index contributed by atoms with van der Waals surface area (Å²) in [5.74, 6) is 0.223. The second-order valence-electron chi connectivity index (χ2n) is 4.63. The molecule has 2 rings (SSSR count). The monoisotopic (exact) mass is 291 g/mol. The molecule has 5 heteroatoms. The summed E-state index contributed by atoms with van der Waals surface area (Å²) in [7, 11) is 0. The predicted molar refractivity (Wildman–Crippen MR) is 80.4 cm³/mol. The number of carbonyl (C=O) groups excluding carboxylic acids is 1. The van der Waals surface area contributed by atoms with Gasteiger partial charge in [-0.3, -0.25) is 4.79 Å². The van der Waals surface area contributed by atoms with E-state index >= 15 is 0 Å². The quantitative estimate of drug-likeness (QED) is 0.817. The number of rotatable bonds is 5. The second kappa shape index (κ2) is 7.14. The van der Waals surface area contributed by atoms with Gasteiger partial charge in [-0.1, -0.05) is 24.3 Å². The Kier molecular flexibility index (Phi) is 5.24. The summed E-state index contributed by atoms with van der Waals surface area (Å²) in [4.78, 5) is 22.3. The molecule has 1 aliphatic heterocycles. The Labute approximate surface area is 122 Å². The maximum Gasteiger partial charge on any atom is 0.328 e. The highest BCUT2D eigenvalue weighted by molar-refractivity contribution is 8.00. The Bertz CT molecular complexity index is 504. The Hall–Kier alpha value is -1.75. The first-order valence-corrected chi connectivity index (χ1v) is 7.59. The van der Waals surface area contributed by atoms with Crippen molar-refractivity contribution in [2.75, 3.05) is 5.75 Å². The minimum atomic E-state index is -0.963. The first-order chi connectivity index (χ1) is 9.65. The van der Waals surface area contributed by atoms with Crippen LogP contribution in [0.15, 0.2) is 30.3 Å². The number of amides is 1. The Morgan fingerprint density at radius 3 is 2.70 bits per heavy atom. The van der Waals surface area contributed by atoms with E-state index in [0.29, 0.717) is 6.54 Å². The number of hydrogen-bond acceptors (Lipinski definition) is 3. The number of aliphatic carboxylic acids is 1. The third-order valence-corrected chi connectivity index (χ3v) is 4.46. The Morgan fingerprint density at radius 2 is 2.10 bits per heavy atom. The van der Waals surface area contributed by atoms with E-state index in [9.17, 15) is 9.59 Å². The molecule has 1 fully saturated rings. The molecule has 1 unspecified atom stereocenters. The molecule has 0 saturated carbocycles. The average Bonchev–Trinajstić information content (AvgIpc) is 2.98. The van der Waals surface area contributed by atoms with Crippen LogP contribution in [0.3, 0.4) is 0 Å². The molecule has 0 radical (unpaired) electrons. The summed E-state index contributed by atoms with van der Waals surface area (Å²) in [6.45, 7) is 0.513. The summed E-state index contributed by atoms with van der Waals surface area (Å²) < 4.78 is 0. The molecule has 4 nitrogen and oxygen atoms in total. The minimum Gasteiger partial charge on any atom is -0.478 e. The molecule has 1 atom stereocenters. The molecule has 1 aromatic rings. The molecule has 20 heavy (non-hydrogen) atoms. The van der Waals surface area contributed by atoms with Crippen molar-refractivity contribution in [2.24, 2.45) is 0 Å². The highest BCUT2D eigenvalue weighted by atomic mass is 32.2. The number of hydrogen-bond donors (Lipinski definition) is 2. The van der Waals surface area contributed by atoms with Crippen molar-refractivity contribution >= 4 is 29.7 Å². The van der Waals surface area contributed by atoms with Crippen LogP contribution in [-0.2, 0) is 16.1 Å². The van der Waals surface area contributed by atoms with E-state index < -0.39 is 5.97 Å². The zero-order valence-electron chi connectivity index (χ0n) is 11.0. The zero-order chi connectivity index (χ0) is 14.4. The topological polar surface area (TPSA) is 66.4 Å². The highest BCUT2D eigenvalue weighted by Crippen LogP contribution is 2.26. The van der Waals surface area contributed by atoms with Gasteiger partial charge in [0, 0.05) is 12.6 Å². The summed E-state index contributed by atoms with van der Waals surface area (Å²) in [5.41, 5.74) is 1.84. The summed E-state index contributed by atoms with van der Waals surface area (Å²) in [6, 6.07) is 7.46. The van der Waals surface area contributed by atoms with Gasteiger partial charge in [0.05, 0.1) is 5.25 Å². The van der Waals surface area contributed by atoms with Gasteiger partial charge in [0.2, 0.25) is 5.91 Å². The van der Waals surface area contributed by atoms with Crippen LogP contribution < -0.4 is 5.32 Å². The largest absolute Gasteiger partial charge is 0.478 e. The van der Waals surface area contributed by atoms with Crippen LogP contribution in [0.4, 0.5) is 0 Å². The maximum atomic E-state index is 11.9. The van der Waals surface area contributed by atoms with Crippen LogP contribution in [0.5, 0.6) is 0 Å². The number of carboxylic acid groups (broad SMARTS) is 1. The smallest absolute Gasteiger partial charge is 0.328 e. The fourth-order valence-corrected chi connectivity index (χ4v) is 3.19. The van der Waals surface area contributed by atoms with Gasteiger partial charge >= 0.3 is 5.97 Å². The van der Waals surface area contributed by atoms with E-state index in [1.807, 2.05) is 24.3 Å². The van der Waals surface area contributed by atoms with Crippen molar-refractivity contribution in [1.29, 1.82) is 0 Å². The van der Waals surface area contributed by atoms with Gasteiger partial charge in [-0.15, -0.1) is 11.8 Å². The van der Waals surface area contributed by atoms with Crippen molar-refractivity contribution in [3.8, 4) is 0 Å². The van der Waals surface area contributed by atoms with E-state index in [2.05, 4.69) is 5.32 Å². The molecule has 1 amide bonds. The standard InChI is InChI=1S/C15H17NO3S/c17-14(18)8-7-11-3-5-12(6-4-11)10-16-15(19)13-2-1-9-20-13/h3-8,13H,1-2,9-10H2,(H,16,19)(H,17,18). The Morgan fingerprint density at radius 1 is 1.35 bits per heavy atom. The van der Waals surface area contributed by atoms with Crippen LogP contribution in [0.2, 0.25) is 0 Å². The molecule has 106 valence electrons. The molecular weight excluding hydrogens is 274 g/mol. The maximum absolute atomic E-state index is 11.9. The van der Waals surface area contributed by atoms with Crippen molar-refractivity contribution < 1.29 is 14.7 Å². The molecule has 0 spiro atoms. The van der Waals surface area contributed by atoms with Gasteiger partial charge in [-0.05, 0) is 35.8 Å². The van der Waals surface area contributed by atoms with E-state index in [-0.39, 0.29) is 11.2 Å². The fraction of sp³-hybridized carbons (Fsp3) is 0.333. The van der Waals surface area contributed by atoms with Crippen molar-refractivity contribution in [2.45, 2.75) is 24.6 Å². The van der Waals surface area contributed by atoms with Crippen LogP contribution in [0, 0.1) is 0 Å². The molecule has 2 N–H and O–H groups in total. The van der Waals surface area contributed by atoms with E-state index in [0.717, 1.165) is 35.8 Å². The van der Waals surface area contributed by atoms with Crippen molar-refractivity contribution in [1.82, 2.24) is 5.32 Å². The lowest BCUT2D eigenvalue weighted by Crippen LogP contribution is -2.30. The summed E-state index contributed by atoms with van der Waals surface area (Å²) >= 11 is 1.72. The number of thioether (sulfide) groups is 1. The van der Waals surface area contributed by atoms with E-state index in [1.54, 1.807) is 17.8 Å². The summed E-state index contributed by atoms with van der Waals surface area (Å²) in [6.07, 6.45) is 4.73. The van der Waals surface area contributed by atoms with Crippen molar-refractivity contribution in [3.05, 3.63) is 41.5 Å². The summed E-state index contributed by atoms with van der Waals surface area (Å²) in [5, 5.41) is 11.6. The van der Waals surface area contributed by atoms with Gasteiger partial charge in [0.25, 0.3) is 0 Å². The third kappa shape index (κ3) is 4.42. The van der Waals surface area contributed by atoms with E-state index in [4.69, 9.17) is 5.11 Å². The Balaban J connectivity index is 1.84. The van der Waals surface area contributed by atoms with Crippen LogP contribution in [0.1, 0.15) is 24.0 Å². The molecule has 1 aromatic carbocycles. The number of carboxylic acids is 1. The van der Waals surface area contributed by atoms with Crippen LogP contribution in [0.25, 0.3) is 6.08 Å². The highest BCUT2D eigenvalue weighted by Gasteiger charge is 2.22. The third-order valence-electron chi connectivity index (χ3n) is 3.09. The number of benzene rings is 1. The normalized spacial score (nSPS) is 18.3. The second-order valence-corrected chi connectivity index (χ2v) is 5.94. The molecule has 0 bridgehead atoms. The van der Waals surface area contributed by atoms with Crippen molar-refractivity contribution in [3.63, 3.8) is 0 Å². The van der Waals surface area contributed by atoms with Gasteiger partial charge in [-0.2, -0.15) is 0 Å². The lowest BCUT2D eigenvalue weighted by atomic mass is 10.1. The SMILES string of the molecule is O=C(O)C=Cc1ccc(CNC(=O)C2CCCS2)cc1.